The van der Waals surface area contributed by atoms with Crippen molar-refractivity contribution in [3.8, 4) is 0 Å². The van der Waals surface area contributed by atoms with Crippen molar-refractivity contribution in [1.29, 1.82) is 0 Å². The SMILES string of the molecule is CCOC(=O)CNC1CCC(N(CC2CC2)c2ccccc2)CC1. The van der Waals surface area contributed by atoms with Crippen LogP contribution < -0.4 is 10.2 Å². The van der Waals surface area contributed by atoms with Crippen LogP contribution in [-0.2, 0) is 9.53 Å². The van der Waals surface area contributed by atoms with Crippen molar-refractivity contribution < 1.29 is 9.53 Å². The van der Waals surface area contributed by atoms with Crippen molar-refractivity contribution >= 4 is 11.7 Å². The van der Waals surface area contributed by atoms with Crippen molar-refractivity contribution in [2.45, 2.75) is 57.5 Å². The molecule has 2 saturated carbocycles. The molecule has 1 N–H and O–H groups in total. The van der Waals surface area contributed by atoms with Crippen molar-refractivity contribution in [1.82, 2.24) is 5.32 Å². The van der Waals surface area contributed by atoms with E-state index in [2.05, 4.69) is 40.5 Å². The molecule has 1 aromatic rings. The Balaban J connectivity index is 1.50. The van der Waals surface area contributed by atoms with E-state index in [1.807, 2.05) is 6.92 Å². The fraction of sp³-hybridized carbons (Fsp3) is 0.650. The minimum Gasteiger partial charge on any atom is -0.465 e. The Morgan fingerprint density at radius 1 is 1.12 bits per heavy atom. The number of nitrogens with one attached hydrogen (secondary N) is 1. The molecule has 3 rings (SSSR count). The number of benzene rings is 1. The van der Waals surface area contributed by atoms with E-state index in [4.69, 9.17) is 4.74 Å². The van der Waals surface area contributed by atoms with Gasteiger partial charge in [-0.2, -0.15) is 0 Å². The average molecular weight is 330 g/mol. The van der Waals surface area contributed by atoms with Gasteiger partial charge in [-0.1, -0.05) is 18.2 Å². The molecule has 0 aromatic heterocycles. The van der Waals surface area contributed by atoms with Crippen LogP contribution in [0.4, 0.5) is 5.69 Å². The summed E-state index contributed by atoms with van der Waals surface area (Å²) in [7, 11) is 0. The van der Waals surface area contributed by atoms with Crippen molar-refractivity contribution in [3.05, 3.63) is 30.3 Å². The van der Waals surface area contributed by atoms with Gasteiger partial charge in [-0.15, -0.1) is 0 Å². The second-order valence-electron chi connectivity index (χ2n) is 7.12. The van der Waals surface area contributed by atoms with Gasteiger partial charge in [0, 0.05) is 24.3 Å². The molecule has 0 saturated heterocycles. The van der Waals surface area contributed by atoms with Crippen LogP contribution in [0.2, 0.25) is 0 Å². The Morgan fingerprint density at radius 3 is 2.46 bits per heavy atom. The average Bonchev–Trinajstić information content (AvgIpc) is 3.44. The van der Waals surface area contributed by atoms with E-state index in [9.17, 15) is 4.79 Å². The minimum absolute atomic E-state index is 0.140. The third kappa shape index (κ3) is 4.97. The maximum Gasteiger partial charge on any atom is 0.319 e. The van der Waals surface area contributed by atoms with E-state index < -0.39 is 0 Å². The molecule has 24 heavy (non-hydrogen) atoms. The summed E-state index contributed by atoms with van der Waals surface area (Å²) in [5, 5.41) is 3.37. The smallest absolute Gasteiger partial charge is 0.319 e. The number of ether oxygens (including phenoxy) is 1. The minimum atomic E-state index is -0.140. The number of rotatable bonds is 8. The summed E-state index contributed by atoms with van der Waals surface area (Å²) in [5.74, 6) is 0.754. The normalized spacial score (nSPS) is 23.7. The number of nitrogens with zero attached hydrogens (tertiary/aromatic N) is 1. The number of anilines is 1. The van der Waals surface area contributed by atoms with Gasteiger partial charge in [0.05, 0.1) is 13.2 Å². The molecule has 0 radical (unpaired) electrons. The third-order valence-electron chi connectivity index (χ3n) is 5.22. The maximum absolute atomic E-state index is 11.5. The highest BCUT2D eigenvalue weighted by atomic mass is 16.5. The van der Waals surface area contributed by atoms with Gasteiger partial charge in [-0.25, -0.2) is 0 Å². The predicted molar refractivity (Wildman–Crippen MR) is 97.2 cm³/mol. The van der Waals surface area contributed by atoms with Crippen LogP contribution in [0.15, 0.2) is 30.3 Å². The van der Waals surface area contributed by atoms with Crippen LogP contribution in [0, 0.1) is 5.92 Å². The third-order valence-corrected chi connectivity index (χ3v) is 5.22. The number of hydrogen-bond donors (Lipinski definition) is 1. The van der Waals surface area contributed by atoms with E-state index in [0.717, 1.165) is 18.8 Å². The maximum atomic E-state index is 11.5. The molecule has 0 unspecified atom stereocenters. The van der Waals surface area contributed by atoms with Crippen LogP contribution in [0.25, 0.3) is 0 Å². The second kappa shape index (κ2) is 8.52. The molecule has 0 bridgehead atoms. The standard InChI is InChI=1S/C20H30N2O2/c1-2-24-20(23)14-21-17-10-12-19(13-11-17)22(15-16-8-9-16)18-6-4-3-5-7-18/h3-7,16-17,19,21H,2,8-15H2,1H3. The lowest BCUT2D eigenvalue weighted by atomic mass is 9.89. The molecule has 4 nitrogen and oxygen atoms in total. The Bertz CT molecular complexity index is 508. The van der Waals surface area contributed by atoms with Gasteiger partial charge in [0.1, 0.15) is 0 Å². The van der Waals surface area contributed by atoms with Crippen molar-refractivity contribution in [2.75, 3.05) is 24.6 Å². The first-order chi connectivity index (χ1) is 11.8. The lowest BCUT2D eigenvalue weighted by Crippen LogP contribution is -2.44. The van der Waals surface area contributed by atoms with Gasteiger partial charge in [0.25, 0.3) is 0 Å². The van der Waals surface area contributed by atoms with Gasteiger partial charge in [-0.3, -0.25) is 4.79 Å². The van der Waals surface area contributed by atoms with Crippen LogP contribution in [0.1, 0.15) is 45.4 Å². The summed E-state index contributed by atoms with van der Waals surface area (Å²) in [6.07, 6.45) is 7.44. The first-order valence-electron chi connectivity index (χ1n) is 9.47. The molecule has 0 spiro atoms. The molecular weight excluding hydrogens is 300 g/mol. The quantitative estimate of drug-likeness (QED) is 0.742. The number of esters is 1. The second-order valence-corrected chi connectivity index (χ2v) is 7.12. The highest BCUT2D eigenvalue weighted by Gasteiger charge is 2.31. The summed E-state index contributed by atoms with van der Waals surface area (Å²) in [5.41, 5.74) is 1.37. The Hall–Kier alpha value is -1.55. The molecule has 4 heteroatoms. The lowest BCUT2D eigenvalue weighted by Gasteiger charge is -2.39. The van der Waals surface area contributed by atoms with Gasteiger partial charge < -0.3 is 15.0 Å². The Kier molecular flexibility index (Phi) is 6.13. The molecule has 0 amide bonds. The molecule has 0 aliphatic heterocycles. The molecule has 2 aliphatic rings. The fourth-order valence-electron chi connectivity index (χ4n) is 3.69. The zero-order valence-electron chi connectivity index (χ0n) is 14.7. The van der Waals surface area contributed by atoms with Gasteiger partial charge in [0.2, 0.25) is 0 Å². The van der Waals surface area contributed by atoms with E-state index >= 15 is 0 Å². The van der Waals surface area contributed by atoms with E-state index in [1.54, 1.807) is 0 Å². The Morgan fingerprint density at radius 2 is 1.83 bits per heavy atom. The predicted octanol–water partition coefficient (Wildman–Crippen LogP) is 3.37. The van der Waals surface area contributed by atoms with Crippen LogP contribution >= 0.6 is 0 Å². The molecule has 2 aliphatic carbocycles. The lowest BCUT2D eigenvalue weighted by molar-refractivity contribution is -0.142. The van der Waals surface area contributed by atoms with Crippen LogP contribution in [0.3, 0.4) is 0 Å². The monoisotopic (exact) mass is 330 g/mol. The number of carbonyl (C=O) groups excluding carboxylic acids is 1. The molecular formula is C20H30N2O2. The Labute approximate surface area is 145 Å². The summed E-state index contributed by atoms with van der Waals surface area (Å²) >= 11 is 0. The summed E-state index contributed by atoms with van der Waals surface area (Å²) in [6, 6.07) is 11.9. The summed E-state index contributed by atoms with van der Waals surface area (Å²) < 4.78 is 4.99. The van der Waals surface area contributed by atoms with Gasteiger partial charge >= 0.3 is 5.97 Å². The van der Waals surface area contributed by atoms with Gasteiger partial charge in [0.15, 0.2) is 0 Å². The summed E-state index contributed by atoms with van der Waals surface area (Å²) in [6.45, 7) is 3.85. The van der Waals surface area contributed by atoms with Crippen LogP contribution in [-0.4, -0.2) is 37.7 Å². The zero-order valence-corrected chi connectivity index (χ0v) is 14.7. The van der Waals surface area contributed by atoms with E-state index in [-0.39, 0.29) is 5.97 Å². The first kappa shape index (κ1) is 17.3. The zero-order chi connectivity index (χ0) is 16.8. The largest absolute Gasteiger partial charge is 0.465 e. The van der Waals surface area contributed by atoms with Crippen molar-refractivity contribution in [3.63, 3.8) is 0 Å². The molecule has 0 atom stereocenters. The van der Waals surface area contributed by atoms with E-state index in [1.165, 1.54) is 37.9 Å². The highest BCUT2D eigenvalue weighted by molar-refractivity contribution is 5.71. The number of para-hydroxylation sites is 1. The highest BCUT2D eigenvalue weighted by Crippen LogP contribution is 2.35. The van der Waals surface area contributed by atoms with Crippen molar-refractivity contribution in [2.24, 2.45) is 5.92 Å². The van der Waals surface area contributed by atoms with E-state index in [0.29, 0.717) is 25.2 Å². The molecule has 1 aromatic carbocycles. The van der Waals surface area contributed by atoms with Crippen LogP contribution in [0.5, 0.6) is 0 Å². The summed E-state index contributed by atoms with van der Waals surface area (Å²) in [4.78, 5) is 14.1. The number of hydrogen-bond acceptors (Lipinski definition) is 4. The number of carbonyl (C=O) groups is 1. The first-order valence-corrected chi connectivity index (χ1v) is 9.47. The van der Waals surface area contributed by atoms with Gasteiger partial charge in [-0.05, 0) is 63.5 Å². The molecule has 0 heterocycles. The molecule has 132 valence electrons. The fourth-order valence-corrected chi connectivity index (χ4v) is 3.69. The molecule has 2 fully saturated rings. The topological polar surface area (TPSA) is 41.6 Å².